The molecule has 3 rings (SSSR count). The van der Waals surface area contributed by atoms with Crippen LogP contribution in [0, 0.1) is 0 Å². The van der Waals surface area contributed by atoms with Crippen molar-refractivity contribution in [3.8, 4) is 5.75 Å². The molecule has 0 saturated heterocycles. The Morgan fingerprint density at radius 3 is 2.76 bits per heavy atom. The number of rotatable bonds is 4. The lowest BCUT2D eigenvalue weighted by Crippen LogP contribution is -2.06. The van der Waals surface area contributed by atoms with Crippen LogP contribution < -0.4 is 15.8 Å². The Kier molecular flexibility index (Phi) is 3.55. The first-order valence-electron chi connectivity index (χ1n) is 6.64. The third-order valence-electron chi connectivity index (χ3n) is 3.36. The highest BCUT2D eigenvalue weighted by Crippen LogP contribution is 2.27. The predicted octanol–water partition coefficient (Wildman–Crippen LogP) is 2.83. The molecule has 0 saturated carbocycles. The molecule has 0 aliphatic carbocycles. The van der Waals surface area contributed by atoms with Crippen LogP contribution in [0.25, 0.3) is 10.8 Å². The summed E-state index contributed by atoms with van der Waals surface area (Å²) in [6.45, 7) is 0.633. The van der Waals surface area contributed by atoms with Crippen molar-refractivity contribution in [2.75, 3.05) is 18.2 Å². The number of anilines is 2. The van der Waals surface area contributed by atoms with Crippen LogP contribution in [0.15, 0.2) is 48.8 Å². The van der Waals surface area contributed by atoms with Gasteiger partial charge in [-0.3, -0.25) is 0 Å². The number of fused-ring (bicyclic) bond motifs is 1. The molecular formula is C16H16N4O. The van der Waals surface area contributed by atoms with Crippen LogP contribution in [0.5, 0.6) is 5.75 Å². The average molecular weight is 280 g/mol. The monoisotopic (exact) mass is 280 g/mol. The number of ether oxygens (including phenoxy) is 1. The molecule has 0 amide bonds. The Morgan fingerprint density at radius 2 is 1.90 bits per heavy atom. The fourth-order valence-corrected chi connectivity index (χ4v) is 2.34. The number of hydrogen-bond acceptors (Lipinski definition) is 5. The molecule has 0 aliphatic heterocycles. The van der Waals surface area contributed by atoms with E-state index in [2.05, 4.69) is 39.6 Å². The van der Waals surface area contributed by atoms with Gasteiger partial charge in [0.25, 0.3) is 0 Å². The first-order valence-corrected chi connectivity index (χ1v) is 6.64. The minimum Gasteiger partial charge on any atom is -0.490 e. The molecule has 0 spiro atoms. The highest BCUT2D eigenvalue weighted by Gasteiger charge is 2.09. The maximum atomic E-state index is 5.78. The van der Waals surface area contributed by atoms with E-state index >= 15 is 0 Å². The number of hydrogen-bond donors (Lipinski definition) is 2. The maximum Gasteiger partial charge on any atom is 0.203 e. The Hall–Kier alpha value is -2.82. The van der Waals surface area contributed by atoms with Gasteiger partial charge in [-0.15, -0.1) is 0 Å². The zero-order valence-electron chi connectivity index (χ0n) is 11.7. The summed E-state index contributed by atoms with van der Waals surface area (Å²) < 4.78 is 5.24. The molecule has 3 aromatic rings. The summed E-state index contributed by atoms with van der Waals surface area (Å²) in [6.07, 6.45) is 1.42. The number of aromatic nitrogens is 2. The highest BCUT2D eigenvalue weighted by atomic mass is 16.5. The largest absolute Gasteiger partial charge is 0.490 e. The van der Waals surface area contributed by atoms with E-state index in [1.54, 1.807) is 7.11 Å². The highest BCUT2D eigenvalue weighted by molar-refractivity contribution is 5.85. The van der Waals surface area contributed by atoms with Crippen LogP contribution in [-0.2, 0) is 6.54 Å². The molecule has 5 nitrogen and oxygen atoms in total. The van der Waals surface area contributed by atoms with Gasteiger partial charge in [0, 0.05) is 6.54 Å². The van der Waals surface area contributed by atoms with Crippen LogP contribution in [0.3, 0.4) is 0 Å². The lowest BCUT2D eigenvalue weighted by Gasteiger charge is -2.12. The van der Waals surface area contributed by atoms with Crippen LogP contribution >= 0.6 is 0 Å². The van der Waals surface area contributed by atoms with Crippen molar-refractivity contribution in [2.24, 2.45) is 0 Å². The average Bonchev–Trinajstić information content (AvgIpc) is 2.53. The second-order valence-corrected chi connectivity index (χ2v) is 4.63. The third kappa shape index (κ3) is 2.58. The van der Waals surface area contributed by atoms with Gasteiger partial charge < -0.3 is 15.8 Å². The van der Waals surface area contributed by atoms with Crippen molar-refractivity contribution in [3.05, 3.63) is 54.4 Å². The van der Waals surface area contributed by atoms with Crippen LogP contribution in [0.4, 0.5) is 11.6 Å². The van der Waals surface area contributed by atoms with E-state index < -0.39 is 0 Å². The number of nitrogens with one attached hydrogen (secondary N) is 1. The first-order chi connectivity index (χ1) is 10.3. The van der Waals surface area contributed by atoms with E-state index in [9.17, 15) is 0 Å². The number of nitrogens with zero attached hydrogens (tertiary/aromatic N) is 2. The van der Waals surface area contributed by atoms with Gasteiger partial charge >= 0.3 is 0 Å². The minimum atomic E-state index is 0.327. The molecule has 1 aromatic heterocycles. The Balaban J connectivity index is 1.89. The summed E-state index contributed by atoms with van der Waals surface area (Å²) in [4.78, 5) is 8.10. The van der Waals surface area contributed by atoms with Crippen molar-refractivity contribution < 1.29 is 4.74 Å². The molecule has 106 valence electrons. The lowest BCUT2D eigenvalue weighted by molar-refractivity contribution is 0.415. The summed E-state index contributed by atoms with van der Waals surface area (Å²) in [6, 6.07) is 14.5. The number of methoxy groups -OCH3 is 1. The standard InChI is InChI=1S/C16H16N4O/c1-21-14-15(17)19-10-20-16(14)18-9-12-7-4-6-11-5-2-3-8-13(11)12/h2-8,10H,9H2,1H3,(H3,17,18,19,20). The fraction of sp³-hybridized carbons (Fsp3) is 0.125. The molecular weight excluding hydrogens is 264 g/mol. The van der Waals surface area contributed by atoms with Gasteiger partial charge in [0.1, 0.15) is 6.33 Å². The fourth-order valence-electron chi connectivity index (χ4n) is 2.34. The van der Waals surface area contributed by atoms with Gasteiger partial charge in [-0.25, -0.2) is 9.97 Å². The Labute approximate surface area is 122 Å². The molecule has 0 unspecified atom stereocenters. The lowest BCUT2D eigenvalue weighted by atomic mass is 10.0. The maximum absolute atomic E-state index is 5.78. The molecule has 3 N–H and O–H groups in total. The number of nitrogen functional groups attached to an aromatic ring is 1. The van der Waals surface area contributed by atoms with Crippen LogP contribution in [-0.4, -0.2) is 17.1 Å². The van der Waals surface area contributed by atoms with Gasteiger partial charge in [0.15, 0.2) is 11.6 Å². The Morgan fingerprint density at radius 1 is 1.10 bits per heavy atom. The molecule has 0 fully saturated rings. The molecule has 0 atom stereocenters. The zero-order valence-corrected chi connectivity index (χ0v) is 11.7. The van der Waals surface area contributed by atoms with Crippen molar-refractivity contribution in [1.82, 2.24) is 9.97 Å². The summed E-state index contributed by atoms with van der Waals surface area (Å²) in [5.41, 5.74) is 6.96. The number of nitrogens with two attached hydrogens (primary N) is 1. The van der Waals surface area contributed by atoms with Crippen LogP contribution in [0.2, 0.25) is 0 Å². The van der Waals surface area contributed by atoms with E-state index in [-0.39, 0.29) is 0 Å². The molecule has 2 aromatic carbocycles. The minimum absolute atomic E-state index is 0.327. The predicted molar refractivity (Wildman–Crippen MR) is 84.3 cm³/mol. The second-order valence-electron chi connectivity index (χ2n) is 4.63. The van der Waals surface area contributed by atoms with E-state index in [4.69, 9.17) is 10.5 Å². The van der Waals surface area contributed by atoms with Crippen molar-refractivity contribution in [2.45, 2.75) is 6.54 Å². The van der Waals surface area contributed by atoms with E-state index in [0.29, 0.717) is 23.9 Å². The van der Waals surface area contributed by atoms with E-state index in [1.165, 1.54) is 22.7 Å². The third-order valence-corrected chi connectivity index (χ3v) is 3.36. The smallest absolute Gasteiger partial charge is 0.203 e. The van der Waals surface area contributed by atoms with Crippen molar-refractivity contribution in [1.29, 1.82) is 0 Å². The van der Waals surface area contributed by atoms with Gasteiger partial charge in [0.05, 0.1) is 7.11 Å². The number of benzene rings is 2. The van der Waals surface area contributed by atoms with Crippen LogP contribution in [0.1, 0.15) is 5.56 Å². The quantitative estimate of drug-likeness (QED) is 0.768. The second kappa shape index (κ2) is 5.66. The van der Waals surface area contributed by atoms with Crippen molar-refractivity contribution >= 4 is 22.4 Å². The topological polar surface area (TPSA) is 73.1 Å². The van der Waals surface area contributed by atoms with Crippen molar-refractivity contribution in [3.63, 3.8) is 0 Å². The Bertz CT molecular complexity index is 768. The summed E-state index contributed by atoms with van der Waals surface area (Å²) in [5, 5.41) is 5.69. The molecule has 0 radical (unpaired) electrons. The van der Waals surface area contributed by atoms with E-state index in [0.717, 1.165) is 0 Å². The molecule has 21 heavy (non-hydrogen) atoms. The van der Waals surface area contributed by atoms with E-state index in [1.807, 2.05) is 18.2 Å². The van der Waals surface area contributed by atoms with Gasteiger partial charge in [-0.1, -0.05) is 42.5 Å². The summed E-state index contributed by atoms with van der Waals surface area (Å²) in [5.74, 6) is 1.39. The molecule has 5 heteroatoms. The van der Waals surface area contributed by atoms with Gasteiger partial charge in [-0.2, -0.15) is 0 Å². The molecule has 1 heterocycles. The van der Waals surface area contributed by atoms with Gasteiger partial charge in [-0.05, 0) is 16.3 Å². The summed E-state index contributed by atoms with van der Waals surface area (Å²) in [7, 11) is 1.55. The molecule has 0 bridgehead atoms. The summed E-state index contributed by atoms with van der Waals surface area (Å²) >= 11 is 0. The SMILES string of the molecule is COc1c(N)ncnc1NCc1cccc2ccccc12. The first kappa shape index (κ1) is 13.2. The molecule has 0 aliphatic rings. The normalized spacial score (nSPS) is 10.5. The van der Waals surface area contributed by atoms with Gasteiger partial charge in [0.2, 0.25) is 5.75 Å². The zero-order chi connectivity index (χ0) is 14.7.